The first kappa shape index (κ1) is 23.8. The summed E-state index contributed by atoms with van der Waals surface area (Å²) in [6.45, 7) is 7.71. The average Bonchev–Trinajstić information content (AvgIpc) is 3.20. The number of hydrogen-bond donors (Lipinski definition) is 3. The summed E-state index contributed by atoms with van der Waals surface area (Å²) >= 11 is 0. The molecule has 0 saturated carbocycles. The largest absolute Gasteiger partial charge is 0.504 e. The normalized spacial score (nSPS) is 17.3. The van der Waals surface area contributed by atoms with Gasteiger partial charge in [0.15, 0.2) is 5.75 Å². The van der Waals surface area contributed by atoms with Crippen molar-refractivity contribution in [2.75, 3.05) is 23.7 Å². The topological polar surface area (TPSA) is 125 Å². The Hall–Kier alpha value is -2.85. The number of para-hydroxylation sites is 1. The Morgan fingerprint density at radius 2 is 1.81 bits per heavy atom. The molecule has 2 atom stereocenters. The van der Waals surface area contributed by atoms with Crippen LogP contribution >= 0.6 is 0 Å². The molecule has 0 aliphatic carbocycles. The van der Waals surface area contributed by atoms with E-state index >= 15 is 0 Å². The second kappa shape index (κ2) is 9.33. The first-order chi connectivity index (χ1) is 15.1. The number of allylic oxidation sites excluding steroid dienone is 1. The van der Waals surface area contributed by atoms with Gasteiger partial charge < -0.3 is 20.5 Å². The van der Waals surface area contributed by atoms with Crippen LogP contribution in [0.25, 0.3) is 0 Å². The van der Waals surface area contributed by atoms with E-state index < -0.39 is 26.6 Å². The highest BCUT2D eigenvalue weighted by molar-refractivity contribution is 7.89. The van der Waals surface area contributed by atoms with Crippen LogP contribution in [0.2, 0.25) is 0 Å². The Labute approximate surface area is 187 Å². The standard InChI is InChI=1S/C22H29N3O6S/c1-5-14(16-12-11-13(4)31-16)23-18-19(22(28)21(18)27)24-15-9-8-10-17(20(15)26)32(29,30)25(6-2)7-3/h8-11,14,16,23-24,26H,5-7,12H2,1-4H3/t14-,16?/m1/s1. The fourth-order valence-corrected chi connectivity index (χ4v) is 5.39. The van der Waals surface area contributed by atoms with Crippen molar-refractivity contribution in [3.63, 3.8) is 0 Å². The van der Waals surface area contributed by atoms with E-state index in [0.717, 1.165) is 5.76 Å². The molecule has 0 bridgehead atoms. The molecule has 0 radical (unpaired) electrons. The number of nitrogens with one attached hydrogen (secondary N) is 2. The maximum Gasteiger partial charge on any atom is 0.253 e. The first-order valence-electron chi connectivity index (χ1n) is 10.7. The SMILES string of the molecule is CC[C@@H](Nc1c(Nc2cccc(S(=O)(=O)N(CC)CC)c2O)c(=O)c1=O)C1CC=C(C)O1. The number of nitrogens with zero attached hydrogens (tertiary/aromatic N) is 1. The van der Waals surface area contributed by atoms with Crippen LogP contribution in [0.5, 0.6) is 5.75 Å². The number of hydrogen-bond acceptors (Lipinski definition) is 8. The molecular formula is C22H29N3O6S. The van der Waals surface area contributed by atoms with Crippen molar-refractivity contribution in [3.05, 3.63) is 50.5 Å². The van der Waals surface area contributed by atoms with Crippen molar-refractivity contribution in [2.45, 2.75) is 57.6 Å². The van der Waals surface area contributed by atoms with Crippen LogP contribution in [0.3, 0.4) is 0 Å². The fourth-order valence-electron chi connectivity index (χ4n) is 3.82. The van der Waals surface area contributed by atoms with Crippen molar-refractivity contribution < 1.29 is 18.3 Å². The van der Waals surface area contributed by atoms with E-state index in [2.05, 4.69) is 10.6 Å². The van der Waals surface area contributed by atoms with Gasteiger partial charge in [0.05, 0.1) is 17.5 Å². The van der Waals surface area contributed by atoms with Crippen molar-refractivity contribution in [1.82, 2.24) is 4.31 Å². The predicted molar refractivity (Wildman–Crippen MR) is 124 cm³/mol. The zero-order valence-electron chi connectivity index (χ0n) is 18.6. The van der Waals surface area contributed by atoms with Gasteiger partial charge in [0.2, 0.25) is 10.0 Å². The molecule has 32 heavy (non-hydrogen) atoms. The van der Waals surface area contributed by atoms with Gasteiger partial charge in [0.1, 0.15) is 22.4 Å². The van der Waals surface area contributed by atoms with E-state index in [1.807, 2.05) is 19.9 Å². The fraction of sp³-hybridized carbons (Fsp3) is 0.455. The second-order valence-corrected chi connectivity index (χ2v) is 9.55. The molecule has 3 N–H and O–H groups in total. The minimum Gasteiger partial charge on any atom is -0.504 e. The molecule has 174 valence electrons. The molecule has 9 nitrogen and oxygen atoms in total. The smallest absolute Gasteiger partial charge is 0.253 e. The molecule has 1 aliphatic rings. The quantitative estimate of drug-likeness (QED) is 0.363. The van der Waals surface area contributed by atoms with Crippen LogP contribution in [-0.4, -0.2) is 43.1 Å². The van der Waals surface area contributed by atoms with Gasteiger partial charge in [-0.2, -0.15) is 4.31 Å². The number of aromatic hydroxyl groups is 1. The highest BCUT2D eigenvalue weighted by Gasteiger charge is 2.31. The molecule has 0 fully saturated rings. The second-order valence-electron chi connectivity index (χ2n) is 7.64. The number of benzene rings is 1. The zero-order valence-corrected chi connectivity index (χ0v) is 19.5. The number of ether oxygens (including phenoxy) is 1. The van der Waals surface area contributed by atoms with Gasteiger partial charge in [-0.25, -0.2) is 8.42 Å². The van der Waals surface area contributed by atoms with Crippen LogP contribution in [0.4, 0.5) is 17.1 Å². The minimum atomic E-state index is -3.92. The van der Waals surface area contributed by atoms with Crippen LogP contribution < -0.4 is 21.5 Å². The van der Waals surface area contributed by atoms with E-state index in [1.165, 1.54) is 22.5 Å². The van der Waals surface area contributed by atoms with Gasteiger partial charge in [0, 0.05) is 19.5 Å². The Balaban J connectivity index is 1.89. The van der Waals surface area contributed by atoms with Crippen molar-refractivity contribution in [2.24, 2.45) is 0 Å². The molecule has 10 heteroatoms. The molecule has 3 rings (SSSR count). The summed E-state index contributed by atoms with van der Waals surface area (Å²) in [4.78, 5) is 24.2. The molecule has 2 aromatic carbocycles. The highest BCUT2D eigenvalue weighted by atomic mass is 32.2. The lowest BCUT2D eigenvalue weighted by atomic mass is 10.0. The minimum absolute atomic E-state index is 0.0104. The van der Waals surface area contributed by atoms with E-state index in [1.54, 1.807) is 13.8 Å². The highest BCUT2D eigenvalue weighted by Crippen LogP contribution is 2.35. The van der Waals surface area contributed by atoms with Gasteiger partial charge >= 0.3 is 0 Å². The van der Waals surface area contributed by atoms with E-state index in [9.17, 15) is 23.1 Å². The summed E-state index contributed by atoms with van der Waals surface area (Å²) in [7, 11) is -3.92. The number of phenolic OH excluding ortho intramolecular Hbond substituents is 1. The van der Waals surface area contributed by atoms with E-state index in [-0.39, 0.29) is 47.2 Å². The monoisotopic (exact) mass is 463 g/mol. The van der Waals surface area contributed by atoms with Gasteiger partial charge in [0.25, 0.3) is 10.9 Å². The average molecular weight is 464 g/mol. The van der Waals surface area contributed by atoms with E-state index in [4.69, 9.17) is 4.74 Å². The van der Waals surface area contributed by atoms with Crippen molar-refractivity contribution in [3.8, 4) is 5.75 Å². The lowest BCUT2D eigenvalue weighted by Crippen LogP contribution is -2.42. The number of anilines is 3. The molecule has 0 amide bonds. The summed E-state index contributed by atoms with van der Waals surface area (Å²) in [6.07, 6.45) is 3.16. The van der Waals surface area contributed by atoms with Crippen LogP contribution in [0, 0.1) is 0 Å². The maximum absolute atomic E-state index is 12.8. The Kier molecular flexibility index (Phi) is 6.94. The summed E-state index contributed by atoms with van der Waals surface area (Å²) in [6, 6.07) is 4.01. The van der Waals surface area contributed by atoms with Crippen molar-refractivity contribution >= 4 is 27.1 Å². The van der Waals surface area contributed by atoms with Gasteiger partial charge in [-0.15, -0.1) is 0 Å². The van der Waals surface area contributed by atoms with Crippen LogP contribution in [-0.2, 0) is 14.8 Å². The lowest BCUT2D eigenvalue weighted by Gasteiger charge is -2.26. The van der Waals surface area contributed by atoms with Crippen LogP contribution in [0.1, 0.15) is 40.5 Å². The molecular weight excluding hydrogens is 434 g/mol. The maximum atomic E-state index is 12.8. The van der Waals surface area contributed by atoms with Gasteiger partial charge in [-0.05, 0) is 31.6 Å². The molecule has 0 aromatic heterocycles. The van der Waals surface area contributed by atoms with Crippen molar-refractivity contribution in [1.29, 1.82) is 0 Å². The molecule has 2 aromatic rings. The van der Waals surface area contributed by atoms with Gasteiger partial charge in [-0.1, -0.05) is 26.8 Å². The molecule has 1 aliphatic heterocycles. The predicted octanol–water partition coefficient (Wildman–Crippen LogP) is 2.65. The number of sulfonamides is 1. The molecule has 1 unspecified atom stereocenters. The van der Waals surface area contributed by atoms with Crippen LogP contribution in [0.15, 0.2) is 44.5 Å². The summed E-state index contributed by atoms with van der Waals surface area (Å²) in [5, 5.41) is 16.5. The van der Waals surface area contributed by atoms with E-state index in [0.29, 0.717) is 12.8 Å². The summed E-state index contributed by atoms with van der Waals surface area (Å²) in [5.74, 6) is 0.305. The summed E-state index contributed by atoms with van der Waals surface area (Å²) in [5.41, 5.74) is -1.29. The Bertz CT molecular complexity index is 1190. The third-order valence-electron chi connectivity index (χ3n) is 5.69. The third-order valence-corrected chi connectivity index (χ3v) is 7.77. The number of phenols is 1. The lowest BCUT2D eigenvalue weighted by molar-refractivity contribution is 0.125. The number of rotatable bonds is 10. The molecule has 0 saturated heterocycles. The molecule has 1 heterocycles. The first-order valence-corrected chi connectivity index (χ1v) is 12.1. The third kappa shape index (κ3) is 4.24. The zero-order chi connectivity index (χ0) is 23.6. The summed E-state index contributed by atoms with van der Waals surface area (Å²) < 4.78 is 32.7. The Morgan fingerprint density at radius 3 is 2.38 bits per heavy atom. The molecule has 0 spiro atoms. The van der Waals surface area contributed by atoms with Gasteiger partial charge in [-0.3, -0.25) is 9.59 Å². The Morgan fingerprint density at radius 1 is 1.16 bits per heavy atom.